The van der Waals surface area contributed by atoms with Crippen molar-refractivity contribution in [1.29, 1.82) is 0 Å². The van der Waals surface area contributed by atoms with Gasteiger partial charge >= 0.3 is 0 Å². The highest BCUT2D eigenvalue weighted by Gasteiger charge is 2.25. The first kappa shape index (κ1) is 15.8. The maximum atomic E-state index is 12.1. The second-order valence-electron chi connectivity index (χ2n) is 5.73. The van der Waals surface area contributed by atoms with Crippen LogP contribution in [0.3, 0.4) is 0 Å². The van der Waals surface area contributed by atoms with Crippen molar-refractivity contribution in [1.82, 2.24) is 10.2 Å². The molecule has 1 aromatic rings. The van der Waals surface area contributed by atoms with Crippen molar-refractivity contribution >= 4 is 23.4 Å². The van der Waals surface area contributed by atoms with Crippen LogP contribution >= 0.6 is 11.6 Å². The zero-order valence-electron chi connectivity index (χ0n) is 12.4. The van der Waals surface area contributed by atoms with Crippen molar-refractivity contribution in [3.05, 3.63) is 34.9 Å². The molecule has 0 aromatic heterocycles. The Morgan fingerprint density at radius 3 is 2.29 bits per heavy atom. The number of nitrogens with one attached hydrogen (secondary N) is 1. The summed E-state index contributed by atoms with van der Waals surface area (Å²) in [4.78, 5) is 25.9. The summed E-state index contributed by atoms with van der Waals surface area (Å²) in [6.45, 7) is 5.25. The van der Waals surface area contributed by atoms with E-state index in [0.717, 1.165) is 12.8 Å². The third-order valence-corrected chi connectivity index (χ3v) is 3.99. The molecule has 1 saturated heterocycles. The van der Waals surface area contributed by atoms with Crippen LogP contribution in [0.5, 0.6) is 0 Å². The minimum atomic E-state index is -0.0831. The number of carbonyl (C=O) groups is 2. The Balaban J connectivity index is 1.84. The minimum Gasteiger partial charge on any atom is -0.349 e. The van der Waals surface area contributed by atoms with Gasteiger partial charge in [0.25, 0.3) is 5.91 Å². The standard InChI is InChI=1S/C16H21ClN2O2/c1-11(2)16(21)19-9-7-14(8-10-19)18-15(20)12-3-5-13(17)6-4-12/h3-6,11,14H,7-10H2,1-2H3,(H,18,20). The maximum Gasteiger partial charge on any atom is 0.251 e. The van der Waals surface area contributed by atoms with Crippen LogP contribution in [0, 0.1) is 5.92 Å². The molecule has 1 aliphatic rings. The van der Waals surface area contributed by atoms with Crippen LogP contribution in [0.15, 0.2) is 24.3 Å². The second-order valence-corrected chi connectivity index (χ2v) is 6.17. The van der Waals surface area contributed by atoms with E-state index >= 15 is 0 Å². The van der Waals surface area contributed by atoms with Gasteiger partial charge in [0.2, 0.25) is 5.91 Å². The maximum absolute atomic E-state index is 12.1. The molecule has 2 amide bonds. The van der Waals surface area contributed by atoms with Crippen LogP contribution in [-0.4, -0.2) is 35.8 Å². The number of halogens is 1. The van der Waals surface area contributed by atoms with Gasteiger partial charge in [-0.3, -0.25) is 9.59 Å². The number of hydrogen-bond donors (Lipinski definition) is 1. The highest BCUT2D eigenvalue weighted by molar-refractivity contribution is 6.30. The second kappa shape index (κ2) is 6.94. The largest absolute Gasteiger partial charge is 0.349 e. The Morgan fingerprint density at radius 2 is 1.76 bits per heavy atom. The predicted octanol–water partition coefficient (Wildman–Crippen LogP) is 2.72. The topological polar surface area (TPSA) is 49.4 Å². The monoisotopic (exact) mass is 308 g/mol. The number of carbonyl (C=O) groups excluding carboxylic acids is 2. The van der Waals surface area contributed by atoms with Gasteiger partial charge in [-0.25, -0.2) is 0 Å². The van der Waals surface area contributed by atoms with Crippen LogP contribution in [0.4, 0.5) is 0 Å². The lowest BCUT2D eigenvalue weighted by Crippen LogP contribution is -2.47. The quantitative estimate of drug-likeness (QED) is 0.933. The Bertz CT molecular complexity index is 506. The Hall–Kier alpha value is -1.55. The van der Waals surface area contributed by atoms with Crippen LogP contribution in [0.2, 0.25) is 5.02 Å². The lowest BCUT2D eigenvalue weighted by Gasteiger charge is -2.33. The third-order valence-electron chi connectivity index (χ3n) is 3.74. The molecule has 2 rings (SSSR count). The van der Waals surface area contributed by atoms with Crippen LogP contribution in [-0.2, 0) is 4.79 Å². The normalized spacial score (nSPS) is 16.1. The first-order chi connectivity index (χ1) is 9.97. The Labute approximate surface area is 130 Å². The number of likely N-dealkylation sites (tertiary alicyclic amines) is 1. The molecule has 0 spiro atoms. The minimum absolute atomic E-state index is 0.0326. The van der Waals surface area contributed by atoms with E-state index in [1.807, 2.05) is 18.7 Å². The van der Waals surface area contributed by atoms with Crippen molar-refractivity contribution in [3.63, 3.8) is 0 Å². The number of amides is 2. The van der Waals surface area contributed by atoms with Gasteiger partial charge in [0.1, 0.15) is 0 Å². The summed E-state index contributed by atoms with van der Waals surface area (Å²) in [6.07, 6.45) is 1.61. The average Bonchev–Trinajstić information content (AvgIpc) is 2.47. The Morgan fingerprint density at radius 1 is 1.19 bits per heavy atom. The molecule has 1 N–H and O–H groups in total. The molecular weight excluding hydrogens is 288 g/mol. The fourth-order valence-electron chi connectivity index (χ4n) is 2.48. The smallest absolute Gasteiger partial charge is 0.251 e. The molecule has 1 aromatic carbocycles. The van der Waals surface area contributed by atoms with Gasteiger partial charge in [0.15, 0.2) is 0 Å². The molecular formula is C16H21ClN2O2. The molecule has 1 heterocycles. The van der Waals surface area contributed by atoms with Crippen molar-refractivity contribution < 1.29 is 9.59 Å². The van der Waals surface area contributed by atoms with Gasteiger partial charge in [-0.2, -0.15) is 0 Å². The van der Waals surface area contributed by atoms with E-state index in [1.165, 1.54) is 0 Å². The van der Waals surface area contributed by atoms with Crippen molar-refractivity contribution in [2.75, 3.05) is 13.1 Å². The molecule has 0 bridgehead atoms. The van der Waals surface area contributed by atoms with Crippen molar-refractivity contribution in [3.8, 4) is 0 Å². The van der Waals surface area contributed by atoms with E-state index in [-0.39, 0.29) is 23.8 Å². The number of piperidine rings is 1. The van der Waals surface area contributed by atoms with Crippen molar-refractivity contribution in [2.45, 2.75) is 32.7 Å². The van der Waals surface area contributed by atoms with Gasteiger partial charge in [0, 0.05) is 35.6 Å². The molecule has 4 nitrogen and oxygen atoms in total. The molecule has 0 saturated carbocycles. The lowest BCUT2D eigenvalue weighted by molar-refractivity contribution is -0.135. The summed E-state index contributed by atoms with van der Waals surface area (Å²) in [5.74, 6) is 0.142. The Kier molecular flexibility index (Phi) is 5.23. The lowest BCUT2D eigenvalue weighted by atomic mass is 10.0. The van der Waals surface area contributed by atoms with E-state index in [9.17, 15) is 9.59 Å². The van der Waals surface area contributed by atoms with Gasteiger partial charge in [-0.05, 0) is 37.1 Å². The predicted molar refractivity (Wildman–Crippen MR) is 83.4 cm³/mol. The number of benzene rings is 1. The molecule has 21 heavy (non-hydrogen) atoms. The van der Waals surface area contributed by atoms with Gasteiger partial charge < -0.3 is 10.2 Å². The van der Waals surface area contributed by atoms with Crippen LogP contribution in [0.25, 0.3) is 0 Å². The first-order valence-electron chi connectivity index (χ1n) is 7.32. The zero-order valence-corrected chi connectivity index (χ0v) is 13.2. The van der Waals surface area contributed by atoms with Gasteiger partial charge in [-0.15, -0.1) is 0 Å². The zero-order chi connectivity index (χ0) is 15.4. The van der Waals surface area contributed by atoms with Crippen LogP contribution in [0.1, 0.15) is 37.0 Å². The highest BCUT2D eigenvalue weighted by atomic mass is 35.5. The van der Waals surface area contributed by atoms with E-state index in [4.69, 9.17) is 11.6 Å². The summed E-state index contributed by atoms with van der Waals surface area (Å²) < 4.78 is 0. The summed E-state index contributed by atoms with van der Waals surface area (Å²) in [5.41, 5.74) is 0.611. The summed E-state index contributed by atoms with van der Waals surface area (Å²) in [6, 6.07) is 6.98. The molecule has 114 valence electrons. The van der Waals surface area contributed by atoms with E-state index in [0.29, 0.717) is 23.7 Å². The molecule has 0 aliphatic carbocycles. The molecule has 5 heteroatoms. The number of nitrogens with zero attached hydrogens (tertiary/aromatic N) is 1. The molecule has 0 radical (unpaired) electrons. The third kappa shape index (κ3) is 4.21. The van der Waals surface area contributed by atoms with Crippen LogP contribution < -0.4 is 5.32 Å². The van der Waals surface area contributed by atoms with Crippen molar-refractivity contribution in [2.24, 2.45) is 5.92 Å². The number of rotatable bonds is 3. The first-order valence-corrected chi connectivity index (χ1v) is 7.70. The highest BCUT2D eigenvalue weighted by Crippen LogP contribution is 2.15. The van der Waals surface area contributed by atoms with E-state index < -0.39 is 0 Å². The summed E-state index contributed by atoms with van der Waals surface area (Å²) >= 11 is 5.81. The van der Waals surface area contributed by atoms with Gasteiger partial charge in [0.05, 0.1) is 0 Å². The fraction of sp³-hybridized carbons (Fsp3) is 0.500. The summed E-state index contributed by atoms with van der Waals surface area (Å²) in [7, 11) is 0. The molecule has 0 unspecified atom stereocenters. The number of hydrogen-bond acceptors (Lipinski definition) is 2. The molecule has 0 atom stereocenters. The average molecular weight is 309 g/mol. The van der Waals surface area contributed by atoms with E-state index in [1.54, 1.807) is 24.3 Å². The fourth-order valence-corrected chi connectivity index (χ4v) is 2.61. The van der Waals surface area contributed by atoms with Gasteiger partial charge in [-0.1, -0.05) is 25.4 Å². The molecule has 1 fully saturated rings. The molecule has 1 aliphatic heterocycles. The summed E-state index contributed by atoms with van der Waals surface area (Å²) in [5, 5.41) is 3.64. The SMILES string of the molecule is CC(C)C(=O)N1CCC(NC(=O)c2ccc(Cl)cc2)CC1. The van der Waals surface area contributed by atoms with E-state index in [2.05, 4.69) is 5.32 Å².